The lowest BCUT2D eigenvalue weighted by Crippen LogP contribution is -1.99. The van der Waals surface area contributed by atoms with Crippen molar-refractivity contribution in [3.63, 3.8) is 0 Å². The van der Waals surface area contributed by atoms with E-state index in [4.69, 9.17) is 5.73 Å². The Morgan fingerprint density at radius 3 is 2.84 bits per heavy atom. The molecular formula is C15H17N3S. The molecule has 0 atom stereocenters. The average molecular weight is 271 g/mol. The second-order valence-electron chi connectivity index (χ2n) is 4.92. The topological polar surface area (TPSA) is 51.8 Å². The maximum Gasteiger partial charge on any atom is 0.141 e. The van der Waals surface area contributed by atoms with Crippen LogP contribution in [0.4, 0.5) is 5.82 Å². The van der Waals surface area contributed by atoms with Crippen LogP contribution in [0.15, 0.2) is 29.2 Å². The predicted molar refractivity (Wildman–Crippen MR) is 79.2 cm³/mol. The molecule has 4 heteroatoms. The van der Waals surface area contributed by atoms with E-state index in [2.05, 4.69) is 28.2 Å². The zero-order valence-electron chi connectivity index (χ0n) is 11.0. The Morgan fingerprint density at radius 1 is 1.16 bits per heavy atom. The van der Waals surface area contributed by atoms with Gasteiger partial charge in [0.25, 0.3) is 0 Å². The molecule has 0 spiro atoms. The van der Waals surface area contributed by atoms with Crippen molar-refractivity contribution in [2.24, 2.45) is 0 Å². The molecule has 0 amide bonds. The summed E-state index contributed by atoms with van der Waals surface area (Å²) >= 11 is 1.78. The molecule has 0 fully saturated rings. The molecule has 19 heavy (non-hydrogen) atoms. The third-order valence-corrected chi connectivity index (χ3v) is 4.35. The van der Waals surface area contributed by atoms with Crippen LogP contribution in [0.5, 0.6) is 0 Å². The van der Waals surface area contributed by atoms with Gasteiger partial charge in [-0.15, -0.1) is 11.8 Å². The number of nitrogens with two attached hydrogens (primary N) is 1. The van der Waals surface area contributed by atoms with E-state index in [0.717, 1.165) is 17.3 Å². The quantitative estimate of drug-likeness (QED) is 0.871. The molecular weight excluding hydrogens is 254 g/mol. The van der Waals surface area contributed by atoms with Gasteiger partial charge in [0, 0.05) is 16.7 Å². The van der Waals surface area contributed by atoms with E-state index in [1.807, 2.05) is 6.92 Å². The molecule has 0 saturated carbocycles. The number of anilines is 1. The molecule has 1 aliphatic rings. The number of rotatable bonds is 3. The van der Waals surface area contributed by atoms with Crippen molar-refractivity contribution in [1.29, 1.82) is 0 Å². The molecule has 2 N–H and O–H groups in total. The van der Waals surface area contributed by atoms with Crippen molar-refractivity contribution >= 4 is 17.6 Å². The maximum absolute atomic E-state index is 5.74. The Kier molecular flexibility index (Phi) is 3.42. The Morgan fingerprint density at radius 2 is 2.00 bits per heavy atom. The van der Waals surface area contributed by atoms with E-state index in [0.29, 0.717) is 5.82 Å². The lowest BCUT2D eigenvalue weighted by Gasteiger charge is -2.05. The standard InChI is InChI=1S/C15H17N3S/c1-10-7-14(16)18-15(17-10)9-19-13-6-5-11-3-2-4-12(11)8-13/h5-8H,2-4,9H2,1H3,(H2,16,17,18). The first kappa shape index (κ1) is 12.5. The zero-order chi connectivity index (χ0) is 13.2. The third kappa shape index (κ3) is 2.89. The summed E-state index contributed by atoms with van der Waals surface area (Å²) < 4.78 is 0. The van der Waals surface area contributed by atoms with E-state index in [1.54, 1.807) is 17.8 Å². The van der Waals surface area contributed by atoms with Gasteiger partial charge in [0.2, 0.25) is 0 Å². The molecule has 2 aromatic rings. The van der Waals surface area contributed by atoms with E-state index in [9.17, 15) is 0 Å². The highest BCUT2D eigenvalue weighted by Gasteiger charge is 2.11. The molecule has 1 aliphatic carbocycles. The Balaban J connectivity index is 1.72. The lowest BCUT2D eigenvalue weighted by atomic mass is 10.1. The van der Waals surface area contributed by atoms with E-state index in [-0.39, 0.29) is 0 Å². The second-order valence-corrected chi connectivity index (χ2v) is 5.97. The number of thioether (sulfide) groups is 1. The van der Waals surface area contributed by atoms with Crippen LogP contribution in [-0.4, -0.2) is 9.97 Å². The van der Waals surface area contributed by atoms with Gasteiger partial charge in [-0.3, -0.25) is 0 Å². The Hall–Kier alpha value is -1.55. The van der Waals surface area contributed by atoms with Gasteiger partial charge in [0.05, 0.1) is 5.75 Å². The SMILES string of the molecule is Cc1cc(N)nc(CSc2ccc3c(c2)CCC3)n1. The highest BCUT2D eigenvalue weighted by atomic mass is 32.2. The number of nitrogens with zero attached hydrogens (tertiary/aromatic N) is 2. The fourth-order valence-electron chi connectivity index (χ4n) is 2.51. The zero-order valence-corrected chi connectivity index (χ0v) is 11.8. The summed E-state index contributed by atoms with van der Waals surface area (Å²) in [4.78, 5) is 9.97. The number of hydrogen-bond donors (Lipinski definition) is 1. The second kappa shape index (κ2) is 5.21. The van der Waals surface area contributed by atoms with Crippen LogP contribution in [0.1, 0.15) is 29.1 Å². The highest BCUT2D eigenvalue weighted by molar-refractivity contribution is 7.98. The molecule has 3 nitrogen and oxygen atoms in total. The molecule has 0 saturated heterocycles. The molecule has 0 unspecified atom stereocenters. The number of benzene rings is 1. The van der Waals surface area contributed by atoms with Crippen LogP contribution in [-0.2, 0) is 18.6 Å². The van der Waals surface area contributed by atoms with Crippen LogP contribution in [0, 0.1) is 6.92 Å². The first-order valence-electron chi connectivity index (χ1n) is 6.55. The van der Waals surface area contributed by atoms with Gasteiger partial charge in [-0.2, -0.15) is 0 Å². The number of hydrogen-bond acceptors (Lipinski definition) is 4. The predicted octanol–water partition coefficient (Wildman–Crippen LogP) is 3.15. The minimum Gasteiger partial charge on any atom is -0.384 e. The minimum absolute atomic E-state index is 0.553. The summed E-state index contributed by atoms with van der Waals surface area (Å²) in [5.41, 5.74) is 9.69. The van der Waals surface area contributed by atoms with Crippen LogP contribution >= 0.6 is 11.8 Å². The van der Waals surface area contributed by atoms with Gasteiger partial charge < -0.3 is 5.73 Å². The third-order valence-electron chi connectivity index (χ3n) is 3.36. The van der Waals surface area contributed by atoms with Gasteiger partial charge in [0.1, 0.15) is 11.6 Å². The smallest absolute Gasteiger partial charge is 0.141 e. The van der Waals surface area contributed by atoms with Gasteiger partial charge >= 0.3 is 0 Å². The van der Waals surface area contributed by atoms with Crippen molar-refractivity contribution in [3.05, 3.63) is 46.9 Å². The Labute approximate surface area is 117 Å². The summed E-state index contributed by atoms with van der Waals surface area (Å²) in [5.74, 6) is 2.13. The van der Waals surface area contributed by atoms with Gasteiger partial charge in [-0.25, -0.2) is 9.97 Å². The van der Waals surface area contributed by atoms with Crippen LogP contribution in [0.3, 0.4) is 0 Å². The summed E-state index contributed by atoms with van der Waals surface area (Å²) in [6.45, 7) is 1.95. The summed E-state index contributed by atoms with van der Waals surface area (Å²) in [7, 11) is 0. The average Bonchev–Trinajstić information content (AvgIpc) is 2.82. The largest absolute Gasteiger partial charge is 0.384 e. The van der Waals surface area contributed by atoms with Crippen molar-refractivity contribution in [3.8, 4) is 0 Å². The van der Waals surface area contributed by atoms with E-state index < -0.39 is 0 Å². The van der Waals surface area contributed by atoms with Crippen molar-refractivity contribution in [2.75, 3.05) is 5.73 Å². The number of fused-ring (bicyclic) bond motifs is 1. The monoisotopic (exact) mass is 271 g/mol. The van der Waals surface area contributed by atoms with Gasteiger partial charge in [0.15, 0.2) is 0 Å². The molecule has 98 valence electrons. The number of aromatic nitrogens is 2. The van der Waals surface area contributed by atoms with Crippen molar-refractivity contribution in [1.82, 2.24) is 9.97 Å². The fourth-order valence-corrected chi connectivity index (χ4v) is 3.32. The van der Waals surface area contributed by atoms with E-state index in [1.165, 1.54) is 35.3 Å². The summed E-state index contributed by atoms with van der Waals surface area (Å²) in [5, 5.41) is 0. The molecule has 0 bridgehead atoms. The molecule has 3 rings (SSSR count). The normalized spacial score (nSPS) is 13.5. The van der Waals surface area contributed by atoms with Crippen molar-refractivity contribution in [2.45, 2.75) is 36.8 Å². The first-order chi connectivity index (χ1) is 9.20. The van der Waals surface area contributed by atoms with Gasteiger partial charge in [-0.05, 0) is 49.4 Å². The molecule has 1 aromatic carbocycles. The summed E-state index contributed by atoms with van der Waals surface area (Å²) in [6.07, 6.45) is 3.75. The highest BCUT2D eigenvalue weighted by Crippen LogP contribution is 2.28. The maximum atomic E-state index is 5.74. The minimum atomic E-state index is 0.553. The fraction of sp³-hybridized carbons (Fsp3) is 0.333. The summed E-state index contributed by atoms with van der Waals surface area (Å²) in [6, 6.07) is 8.57. The molecule has 0 aliphatic heterocycles. The number of nitrogen functional groups attached to an aromatic ring is 1. The van der Waals surface area contributed by atoms with Crippen LogP contribution in [0.25, 0.3) is 0 Å². The lowest BCUT2D eigenvalue weighted by molar-refractivity contribution is 0.911. The number of aryl methyl sites for hydroxylation is 3. The Bertz CT molecular complexity index is 590. The van der Waals surface area contributed by atoms with E-state index >= 15 is 0 Å². The molecule has 0 radical (unpaired) electrons. The van der Waals surface area contributed by atoms with Crippen LogP contribution in [0.2, 0.25) is 0 Å². The van der Waals surface area contributed by atoms with Crippen LogP contribution < -0.4 is 5.73 Å². The van der Waals surface area contributed by atoms with Crippen molar-refractivity contribution < 1.29 is 0 Å². The molecule has 1 aromatic heterocycles. The van der Waals surface area contributed by atoms with Gasteiger partial charge in [-0.1, -0.05) is 6.07 Å². The first-order valence-corrected chi connectivity index (χ1v) is 7.54. The molecule has 1 heterocycles.